The molecule has 1 atom stereocenters. The maximum atomic E-state index is 13.2. The number of benzene rings is 2. The average Bonchev–Trinajstić information content (AvgIpc) is 2.40. The molecule has 0 aliphatic rings. The van der Waals surface area contributed by atoms with Gasteiger partial charge in [0, 0.05) is 17.1 Å². The number of rotatable bonds is 4. The fourth-order valence-electron chi connectivity index (χ4n) is 2.02. The minimum Gasteiger partial charge on any atom is -0.306 e. The molecule has 0 aliphatic carbocycles. The van der Waals surface area contributed by atoms with Crippen LogP contribution in [0.15, 0.2) is 46.9 Å². The smallest absolute Gasteiger partial charge is 0.126 e. The highest BCUT2D eigenvalue weighted by Gasteiger charge is 2.08. The summed E-state index contributed by atoms with van der Waals surface area (Å²) in [4.78, 5) is 0. The van der Waals surface area contributed by atoms with E-state index in [9.17, 15) is 4.39 Å². The van der Waals surface area contributed by atoms with Crippen LogP contribution in [0.2, 0.25) is 0 Å². The first-order valence-corrected chi connectivity index (χ1v) is 7.10. The number of aryl methyl sites for hydroxylation is 1. The van der Waals surface area contributed by atoms with E-state index in [0.29, 0.717) is 5.56 Å². The van der Waals surface area contributed by atoms with Crippen molar-refractivity contribution in [2.45, 2.75) is 26.4 Å². The third kappa shape index (κ3) is 3.64. The molecule has 0 spiro atoms. The standard InChI is InChI=1S/C16H17BrFN/c1-11-9-13(7-8-16(11)18)10-19-12(2)14-5-3-4-6-15(14)17/h3-9,12,19H,10H2,1-2H3/t12-/m0/s1. The molecular weight excluding hydrogens is 305 g/mol. The molecule has 100 valence electrons. The Labute approximate surface area is 122 Å². The fourth-order valence-corrected chi connectivity index (χ4v) is 2.65. The van der Waals surface area contributed by atoms with Crippen LogP contribution in [0.4, 0.5) is 4.39 Å². The lowest BCUT2D eigenvalue weighted by Gasteiger charge is -2.16. The SMILES string of the molecule is Cc1cc(CN[C@@H](C)c2ccccc2Br)ccc1F. The minimum absolute atomic E-state index is 0.150. The summed E-state index contributed by atoms with van der Waals surface area (Å²) in [5.41, 5.74) is 3.01. The van der Waals surface area contributed by atoms with E-state index < -0.39 is 0 Å². The molecule has 0 amide bonds. The van der Waals surface area contributed by atoms with Gasteiger partial charge in [0.15, 0.2) is 0 Å². The Morgan fingerprint density at radius 3 is 2.63 bits per heavy atom. The van der Waals surface area contributed by atoms with E-state index in [-0.39, 0.29) is 11.9 Å². The summed E-state index contributed by atoms with van der Waals surface area (Å²) in [6, 6.07) is 13.6. The molecule has 0 radical (unpaired) electrons. The summed E-state index contributed by atoms with van der Waals surface area (Å²) in [6.07, 6.45) is 0. The van der Waals surface area contributed by atoms with E-state index in [1.54, 1.807) is 6.92 Å². The van der Waals surface area contributed by atoms with Gasteiger partial charge in [0.25, 0.3) is 0 Å². The first-order chi connectivity index (χ1) is 9.08. The van der Waals surface area contributed by atoms with E-state index in [2.05, 4.69) is 34.2 Å². The zero-order chi connectivity index (χ0) is 13.8. The predicted molar refractivity (Wildman–Crippen MR) is 80.5 cm³/mol. The van der Waals surface area contributed by atoms with Crippen LogP contribution in [0.1, 0.15) is 29.7 Å². The van der Waals surface area contributed by atoms with Crippen molar-refractivity contribution in [1.82, 2.24) is 5.32 Å². The Morgan fingerprint density at radius 2 is 1.95 bits per heavy atom. The third-order valence-electron chi connectivity index (χ3n) is 3.21. The second kappa shape index (κ2) is 6.31. The Bertz CT molecular complexity index is 568. The van der Waals surface area contributed by atoms with Gasteiger partial charge in [-0.2, -0.15) is 0 Å². The van der Waals surface area contributed by atoms with E-state index in [1.165, 1.54) is 11.6 Å². The summed E-state index contributed by atoms with van der Waals surface area (Å²) >= 11 is 3.55. The van der Waals surface area contributed by atoms with Crippen molar-refractivity contribution in [2.24, 2.45) is 0 Å². The predicted octanol–water partition coefficient (Wildman–Crippen LogP) is 4.75. The lowest BCUT2D eigenvalue weighted by molar-refractivity contribution is 0.570. The molecule has 2 aromatic carbocycles. The summed E-state index contributed by atoms with van der Waals surface area (Å²) in [7, 11) is 0. The van der Waals surface area contributed by atoms with Crippen LogP contribution in [-0.4, -0.2) is 0 Å². The average molecular weight is 322 g/mol. The van der Waals surface area contributed by atoms with Crippen LogP contribution < -0.4 is 5.32 Å². The molecule has 1 N–H and O–H groups in total. The highest BCUT2D eigenvalue weighted by atomic mass is 79.9. The van der Waals surface area contributed by atoms with Crippen molar-refractivity contribution < 1.29 is 4.39 Å². The minimum atomic E-state index is -0.150. The van der Waals surface area contributed by atoms with Gasteiger partial charge >= 0.3 is 0 Å². The Morgan fingerprint density at radius 1 is 1.21 bits per heavy atom. The van der Waals surface area contributed by atoms with Gasteiger partial charge < -0.3 is 5.32 Å². The van der Waals surface area contributed by atoms with Crippen molar-refractivity contribution in [3.63, 3.8) is 0 Å². The molecular formula is C16H17BrFN. The van der Waals surface area contributed by atoms with Crippen molar-refractivity contribution in [2.75, 3.05) is 0 Å². The van der Waals surface area contributed by atoms with E-state index >= 15 is 0 Å². The van der Waals surface area contributed by atoms with Crippen LogP contribution in [0, 0.1) is 12.7 Å². The van der Waals surface area contributed by atoms with Crippen molar-refractivity contribution in [3.05, 3.63) is 69.4 Å². The van der Waals surface area contributed by atoms with Gasteiger partial charge in [-0.15, -0.1) is 0 Å². The first-order valence-electron chi connectivity index (χ1n) is 6.31. The molecule has 0 saturated heterocycles. The lowest BCUT2D eigenvalue weighted by Crippen LogP contribution is -2.18. The van der Waals surface area contributed by atoms with Crippen LogP contribution in [0.25, 0.3) is 0 Å². The molecule has 1 nitrogen and oxygen atoms in total. The molecule has 0 aliphatic heterocycles. The molecule has 0 saturated carbocycles. The van der Waals surface area contributed by atoms with Crippen LogP contribution >= 0.6 is 15.9 Å². The maximum absolute atomic E-state index is 13.2. The van der Waals surface area contributed by atoms with Gasteiger partial charge in [-0.1, -0.05) is 46.3 Å². The summed E-state index contributed by atoms with van der Waals surface area (Å²) in [6.45, 7) is 4.64. The highest BCUT2D eigenvalue weighted by Crippen LogP contribution is 2.23. The van der Waals surface area contributed by atoms with Crippen molar-refractivity contribution >= 4 is 15.9 Å². The fraction of sp³-hybridized carbons (Fsp3) is 0.250. The number of nitrogens with one attached hydrogen (secondary N) is 1. The number of hydrogen-bond acceptors (Lipinski definition) is 1. The van der Waals surface area contributed by atoms with Gasteiger partial charge in [0.2, 0.25) is 0 Å². The van der Waals surface area contributed by atoms with Crippen LogP contribution in [0.3, 0.4) is 0 Å². The Balaban J connectivity index is 2.02. The lowest BCUT2D eigenvalue weighted by atomic mass is 10.1. The van der Waals surface area contributed by atoms with Gasteiger partial charge in [0.05, 0.1) is 0 Å². The zero-order valence-electron chi connectivity index (χ0n) is 11.1. The van der Waals surface area contributed by atoms with E-state index in [0.717, 1.165) is 16.6 Å². The van der Waals surface area contributed by atoms with E-state index in [1.807, 2.05) is 30.3 Å². The molecule has 2 rings (SSSR count). The normalized spacial score (nSPS) is 12.4. The first kappa shape index (κ1) is 14.2. The third-order valence-corrected chi connectivity index (χ3v) is 3.93. The van der Waals surface area contributed by atoms with Gasteiger partial charge in [-0.25, -0.2) is 4.39 Å². The van der Waals surface area contributed by atoms with Crippen LogP contribution in [-0.2, 0) is 6.54 Å². The van der Waals surface area contributed by atoms with E-state index in [4.69, 9.17) is 0 Å². The molecule has 3 heteroatoms. The number of hydrogen-bond donors (Lipinski definition) is 1. The quantitative estimate of drug-likeness (QED) is 0.857. The second-order valence-corrected chi connectivity index (χ2v) is 5.56. The summed E-state index contributed by atoms with van der Waals surface area (Å²) < 4.78 is 14.3. The van der Waals surface area contributed by atoms with Crippen molar-refractivity contribution in [3.8, 4) is 0 Å². The molecule has 0 aromatic heterocycles. The maximum Gasteiger partial charge on any atom is 0.126 e. The van der Waals surface area contributed by atoms with Gasteiger partial charge in [-0.05, 0) is 42.7 Å². The largest absolute Gasteiger partial charge is 0.306 e. The molecule has 0 bridgehead atoms. The molecule has 0 unspecified atom stereocenters. The number of halogens is 2. The van der Waals surface area contributed by atoms with Gasteiger partial charge in [0.1, 0.15) is 5.82 Å². The molecule has 2 aromatic rings. The zero-order valence-corrected chi connectivity index (χ0v) is 12.7. The van der Waals surface area contributed by atoms with Crippen molar-refractivity contribution in [1.29, 1.82) is 0 Å². The second-order valence-electron chi connectivity index (χ2n) is 4.71. The topological polar surface area (TPSA) is 12.0 Å². The molecule has 19 heavy (non-hydrogen) atoms. The summed E-state index contributed by atoms with van der Waals surface area (Å²) in [5.74, 6) is -0.150. The Kier molecular flexibility index (Phi) is 4.72. The van der Waals surface area contributed by atoms with Gasteiger partial charge in [-0.3, -0.25) is 0 Å². The Hall–Kier alpha value is -1.19. The summed E-state index contributed by atoms with van der Waals surface area (Å²) in [5, 5.41) is 3.45. The van der Waals surface area contributed by atoms with Crippen LogP contribution in [0.5, 0.6) is 0 Å². The highest BCUT2D eigenvalue weighted by molar-refractivity contribution is 9.10. The molecule has 0 fully saturated rings. The monoisotopic (exact) mass is 321 g/mol. The molecule has 0 heterocycles.